The summed E-state index contributed by atoms with van der Waals surface area (Å²) < 4.78 is 4.51. The van der Waals surface area contributed by atoms with E-state index in [1.54, 1.807) is 0 Å². The van der Waals surface area contributed by atoms with Crippen LogP contribution in [0.15, 0.2) is 15.4 Å². The predicted octanol–water partition coefficient (Wildman–Crippen LogP) is 1.33. The molecule has 1 aromatic rings. The topological polar surface area (TPSA) is 83.3 Å². The van der Waals surface area contributed by atoms with Crippen LogP contribution in [0.1, 0.15) is 37.3 Å². The van der Waals surface area contributed by atoms with Crippen molar-refractivity contribution >= 4 is 5.97 Å². The zero-order valence-electron chi connectivity index (χ0n) is 8.23. The summed E-state index contributed by atoms with van der Waals surface area (Å²) >= 11 is 0. The molecule has 1 fully saturated rings. The van der Waals surface area contributed by atoms with Crippen molar-refractivity contribution in [3.8, 4) is 0 Å². The van der Waals surface area contributed by atoms with Crippen LogP contribution in [0.4, 0.5) is 0 Å². The number of aliphatic carboxylic acids is 1. The third kappa shape index (κ3) is 1.95. The molecule has 0 aliphatic heterocycles. The number of aromatic nitrogens is 1. The molecule has 0 saturated heterocycles. The molecule has 1 heterocycles. The van der Waals surface area contributed by atoms with Gasteiger partial charge >= 0.3 is 11.6 Å². The molecule has 2 rings (SSSR count). The first-order valence-corrected chi connectivity index (χ1v) is 5.09. The van der Waals surface area contributed by atoms with Crippen molar-refractivity contribution in [2.45, 2.75) is 31.6 Å². The maximum atomic E-state index is 11.1. The molecule has 1 aliphatic carbocycles. The van der Waals surface area contributed by atoms with Crippen LogP contribution in [-0.2, 0) is 4.79 Å². The Kier molecular flexibility index (Phi) is 2.62. The van der Waals surface area contributed by atoms with Crippen molar-refractivity contribution in [3.05, 3.63) is 22.2 Å². The second-order valence-corrected chi connectivity index (χ2v) is 3.98. The van der Waals surface area contributed by atoms with E-state index >= 15 is 0 Å². The molecular weight excluding hydrogens is 198 g/mol. The molecule has 15 heavy (non-hydrogen) atoms. The number of carbonyl (C=O) groups is 1. The molecule has 1 aromatic heterocycles. The fourth-order valence-electron chi connectivity index (χ4n) is 2.33. The van der Waals surface area contributed by atoms with Crippen LogP contribution in [0.5, 0.6) is 0 Å². The minimum atomic E-state index is -0.890. The maximum Gasteiger partial charge on any atom is 0.357 e. The average molecular weight is 211 g/mol. The molecule has 82 valence electrons. The van der Waals surface area contributed by atoms with Crippen molar-refractivity contribution in [2.75, 3.05) is 0 Å². The Morgan fingerprint density at radius 3 is 2.67 bits per heavy atom. The molecule has 1 unspecified atom stereocenters. The monoisotopic (exact) mass is 211 g/mol. The molecule has 2 N–H and O–H groups in total. The number of carboxylic acid groups (broad SMARTS) is 1. The first kappa shape index (κ1) is 10.0. The molecule has 5 nitrogen and oxygen atoms in total. The lowest BCUT2D eigenvalue weighted by Crippen LogP contribution is -2.20. The van der Waals surface area contributed by atoms with E-state index in [-0.39, 0.29) is 5.92 Å². The van der Waals surface area contributed by atoms with Gasteiger partial charge < -0.3 is 9.63 Å². The Morgan fingerprint density at radius 1 is 1.53 bits per heavy atom. The lowest BCUT2D eigenvalue weighted by Gasteiger charge is -2.16. The smallest absolute Gasteiger partial charge is 0.357 e. The summed E-state index contributed by atoms with van der Waals surface area (Å²) in [5, 5.41) is 11.5. The van der Waals surface area contributed by atoms with Crippen molar-refractivity contribution in [1.29, 1.82) is 0 Å². The second-order valence-electron chi connectivity index (χ2n) is 3.98. The standard InChI is InChI=1S/C10H13NO4/c12-8-5-7(11-15-8)9(10(13)14)6-3-1-2-4-6/h5-6,9,11H,1-4H2,(H,13,14). The van der Waals surface area contributed by atoms with E-state index in [4.69, 9.17) is 5.11 Å². The van der Waals surface area contributed by atoms with E-state index in [1.165, 1.54) is 6.07 Å². The summed E-state index contributed by atoms with van der Waals surface area (Å²) in [6.45, 7) is 0. The number of aromatic amines is 1. The van der Waals surface area contributed by atoms with E-state index in [0.29, 0.717) is 5.69 Å². The predicted molar refractivity (Wildman–Crippen MR) is 51.7 cm³/mol. The van der Waals surface area contributed by atoms with Gasteiger partial charge in [0.15, 0.2) is 0 Å². The highest BCUT2D eigenvalue weighted by molar-refractivity contribution is 5.75. The fourth-order valence-corrected chi connectivity index (χ4v) is 2.33. The first-order chi connectivity index (χ1) is 7.18. The molecule has 1 atom stereocenters. The third-order valence-corrected chi connectivity index (χ3v) is 3.02. The maximum absolute atomic E-state index is 11.1. The van der Waals surface area contributed by atoms with Crippen LogP contribution in [0.3, 0.4) is 0 Å². The van der Waals surface area contributed by atoms with Crippen LogP contribution in [0, 0.1) is 5.92 Å². The molecule has 5 heteroatoms. The van der Waals surface area contributed by atoms with Gasteiger partial charge in [-0.3, -0.25) is 4.79 Å². The van der Waals surface area contributed by atoms with E-state index in [2.05, 4.69) is 9.68 Å². The van der Waals surface area contributed by atoms with Crippen LogP contribution >= 0.6 is 0 Å². The summed E-state index contributed by atoms with van der Waals surface area (Å²) in [6.07, 6.45) is 3.95. The summed E-state index contributed by atoms with van der Waals surface area (Å²) in [5.74, 6) is -1.39. The summed E-state index contributed by atoms with van der Waals surface area (Å²) in [5.41, 5.74) is -0.131. The van der Waals surface area contributed by atoms with Crippen LogP contribution in [-0.4, -0.2) is 16.2 Å². The molecule has 0 radical (unpaired) electrons. The summed E-state index contributed by atoms with van der Waals surface area (Å²) in [7, 11) is 0. The lowest BCUT2D eigenvalue weighted by atomic mass is 9.88. The van der Waals surface area contributed by atoms with Crippen molar-refractivity contribution in [3.63, 3.8) is 0 Å². The molecular formula is C10H13NO4. The van der Waals surface area contributed by atoms with Gasteiger partial charge in [-0.05, 0) is 18.8 Å². The highest BCUT2D eigenvalue weighted by Crippen LogP contribution is 2.36. The zero-order valence-corrected chi connectivity index (χ0v) is 8.23. The molecule has 0 spiro atoms. The SMILES string of the molecule is O=C(O)C(c1cc(=O)o[nH]1)C1CCCC1. The van der Waals surface area contributed by atoms with E-state index in [1.807, 2.05) is 0 Å². The summed E-state index contributed by atoms with van der Waals surface area (Å²) in [6, 6.07) is 1.23. The van der Waals surface area contributed by atoms with E-state index in [0.717, 1.165) is 25.7 Å². The van der Waals surface area contributed by atoms with E-state index in [9.17, 15) is 9.59 Å². The Hall–Kier alpha value is -1.52. The largest absolute Gasteiger partial charge is 0.481 e. The Balaban J connectivity index is 2.26. The van der Waals surface area contributed by atoms with Gasteiger partial charge in [-0.15, -0.1) is 0 Å². The molecule has 0 amide bonds. The third-order valence-electron chi connectivity index (χ3n) is 3.02. The highest BCUT2D eigenvalue weighted by Gasteiger charge is 2.33. The van der Waals surface area contributed by atoms with Gasteiger partial charge in [0, 0.05) is 6.07 Å². The number of hydrogen-bond donors (Lipinski definition) is 2. The van der Waals surface area contributed by atoms with Crippen molar-refractivity contribution in [2.24, 2.45) is 5.92 Å². The highest BCUT2D eigenvalue weighted by atomic mass is 16.5. The van der Waals surface area contributed by atoms with Gasteiger partial charge in [0.1, 0.15) is 5.92 Å². The number of H-pyrrole nitrogens is 1. The Bertz CT molecular complexity index is 400. The van der Waals surface area contributed by atoms with Crippen molar-refractivity contribution in [1.82, 2.24) is 5.16 Å². The quantitative estimate of drug-likeness (QED) is 0.789. The normalized spacial score (nSPS) is 19.2. The number of rotatable bonds is 3. The summed E-state index contributed by atoms with van der Waals surface area (Å²) in [4.78, 5) is 22.0. The van der Waals surface area contributed by atoms with Crippen LogP contribution < -0.4 is 5.63 Å². The fraction of sp³-hybridized carbons (Fsp3) is 0.600. The van der Waals surface area contributed by atoms with Gasteiger partial charge in [0.05, 0.1) is 5.69 Å². The molecule has 0 bridgehead atoms. The number of nitrogens with one attached hydrogen (secondary N) is 1. The van der Waals surface area contributed by atoms with Crippen LogP contribution in [0.25, 0.3) is 0 Å². The van der Waals surface area contributed by atoms with Gasteiger partial charge in [0.2, 0.25) is 0 Å². The molecule has 0 aromatic carbocycles. The van der Waals surface area contributed by atoms with E-state index < -0.39 is 17.5 Å². The minimum absolute atomic E-state index is 0.121. The van der Waals surface area contributed by atoms with Gasteiger partial charge in [0.25, 0.3) is 0 Å². The van der Waals surface area contributed by atoms with Crippen LogP contribution in [0.2, 0.25) is 0 Å². The molecule has 1 aliphatic rings. The van der Waals surface area contributed by atoms with Gasteiger partial charge in [-0.2, -0.15) is 0 Å². The number of carboxylic acids is 1. The van der Waals surface area contributed by atoms with Crippen molar-refractivity contribution < 1.29 is 14.4 Å². The second kappa shape index (κ2) is 3.92. The minimum Gasteiger partial charge on any atom is -0.481 e. The van der Waals surface area contributed by atoms with Gasteiger partial charge in [-0.1, -0.05) is 12.8 Å². The first-order valence-electron chi connectivity index (χ1n) is 5.09. The van der Waals surface area contributed by atoms with Gasteiger partial charge in [-0.25, -0.2) is 9.95 Å². The number of hydrogen-bond acceptors (Lipinski definition) is 3. The zero-order chi connectivity index (χ0) is 10.8. The lowest BCUT2D eigenvalue weighted by molar-refractivity contribution is -0.140. The Labute approximate surface area is 86.1 Å². The average Bonchev–Trinajstić information content (AvgIpc) is 2.77. The Morgan fingerprint density at radius 2 is 2.20 bits per heavy atom. The molecule has 1 saturated carbocycles.